The summed E-state index contributed by atoms with van der Waals surface area (Å²) in [6.45, 7) is 1.17. The van der Waals surface area contributed by atoms with Gasteiger partial charge in [-0.3, -0.25) is 4.79 Å². The molecule has 0 radical (unpaired) electrons. The molecule has 1 unspecified atom stereocenters. The van der Waals surface area contributed by atoms with E-state index in [4.69, 9.17) is 22.3 Å². The van der Waals surface area contributed by atoms with Gasteiger partial charge in [-0.05, 0) is 59.5 Å². The van der Waals surface area contributed by atoms with Crippen LogP contribution < -0.4 is 5.73 Å². The molecule has 3 N–H and O–H groups in total. The van der Waals surface area contributed by atoms with Crippen LogP contribution in [0.5, 0.6) is 0 Å². The summed E-state index contributed by atoms with van der Waals surface area (Å²) in [5.74, 6) is 0.844. The molecule has 1 saturated heterocycles. The number of nitrogens with zero attached hydrogens (tertiary/aromatic N) is 2. The largest absolute Gasteiger partial charge is 0.340 e. The maximum absolute atomic E-state index is 13.4. The highest BCUT2D eigenvalue weighted by Gasteiger charge is 2.32. The lowest BCUT2D eigenvalue weighted by molar-refractivity contribution is 0.0730. The number of hydrogen-bond donors (Lipinski definition) is 2. The summed E-state index contributed by atoms with van der Waals surface area (Å²) in [4.78, 5) is 23.4. The number of carbonyl (C=O) groups excluding carboxylic acids is 1. The maximum atomic E-state index is 13.4. The van der Waals surface area contributed by atoms with Gasteiger partial charge < -0.3 is 15.6 Å². The summed E-state index contributed by atoms with van der Waals surface area (Å²) in [5.41, 5.74) is 9.38. The summed E-state index contributed by atoms with van der Waals surface area (Å²) in [6, 6.07) is 17.4. The van der Waals surface area contributed by atoms with Gasteiger partial charge in [-0.25, -0.2) is 4.98 Å². The predicted molar refractivity (Wildman–Crippen MR) is 116 cm³/mol. The smallest absolute Gasteiger partial charge is 0.254 e. The zero-order chi connectivity index (χ0) is 20.0. The number of carbonyl (C=O) groups is 1. The molecular weight excluding hydrogens is 384 g/mol. The Balaban J connectivity index is 1.50. The Labute approximate surface area is 173 Å². The molecule has 146 valence electrons. The molecule has 5 rings (SSSR count). The highest BCUT2D eigenvalue weighted by molar-refractivity contribution is 6.31. The van der Waals surface area contributed by atoms with Crippen LogP contribution in [0.25, 0.3) is 21.8 Å². The number of imidazole rings is 1. The van der Waals surface area contributed by atoms with Gasteiger partial charge in [0.05, 0.1) is 17.1 Å². The average molecular weight is 405 g/mol. The lowest BCUT2D eigenvalue weighted by Gasteiger charge is -2.23. The number of halogens is 1. The number of hydrogen-bond acceptors (Lipinski definition) is 3. The number of fused-ring (bicyclic) bond motifs is 2. The van der Waals surface area contributed by atoms with Crippen LogP contribution >= 0.6 is 11.6 Å². The van der Waals surface area contributed by atoms with Gasteiger partial charge in [0.2, 0.25) is 0 Å². The fourth-order valence-corrected chi connectivity index (χ4v) is 4.44. The van der Waals surface area contributed by atoms with E-state index in [1.165, 1.54) is 0 Å². The molecule has 2 heterocycles. The van der Waals surface area contributed by atoms with Crippen LogP contribution in [-0.2, 0) is 6.54 Å². The minimum Gasteiger partial charge on any atom is -0.340 e. The molecule has 3 aromatic carbocycles. The molecule has 1 aromatic heterocycles. The number of likely N-dealkylation sites (tertiary alicyclic amines) is 1. The van der Waals surface area contributed by atoms with Gasteiger partial charge in [0.1, 0.15) is 5.82 Å². The quantitative estimate of drug-likeness (QED) is 0.514. The van der Waals surface area contributed by atoms with Crippen molar-refractivity contribution in [3.05, 3.63) is 76.6 Å². The third kappa shape index (κ3) is 3.16. The number of benzene rings is 3. The number of H-pyrrole nitrogens is 1. The Morgan fingerprint density at radius 1 is 1.21 bits per heavy atom. The Kier molecular flexibility index (Phi) is 4.49. The van der Waals surface area contributed by atoms with Crippen molar-refractivity contribution < 1.29 is 4.79 Å². The highest BCUT2D eigenvalue weighted by atomic mass is 35.5. The van der Waals surface area contributed by atoms with Gasteiger partial charge in [0.25, 0.3) is 5.91 Å². The number of amides is 1. The second kappa shape index (κ2) is 7.17. The van der Waals surface area contributed by atoms with Gasteiger partial charge in [-0.1, -0.05) is 35.9 Å². The fraction of sp³-hybridized carbons (Fsp3) is 0.217. The van der Waals surface area contributed by atoms with E-state index >= 15 is 0 Å². The van der Waals surface area contributed by atoms with E-state index in [-0.39, 0.29) is 11.9 Å². The van der Waals surface area contributed by atoms with Gasteiger partial charge in [0, 0.05) is 23.7 Å². The fourth-order valence-electron chi connectivity index (χ4n) is 4.27. The standard InChI is InChI=1S/C23H21ClN4O/c24-17-8-9-19-20(12-17)27-22(26-19)21-5-2-10-28(21)23(29)15-7-6-14-3-1-4-16(13-25)18(14)11-15/h1,3-4,6-9,11-12,21H,2,5,10,13,25H2,(H,26,27). The molecule has 5 nitrogen and oxygen atoms in total. The number of aromatic nitrogens is 2. The molecule has 0 saturated carbocycles. The summed E-state index contributed by atoms with van der Waals surface area (Å²) >= 11 is 6.10. The maximum Gasteiger partial charge on any atom is 0.254 e. The second-order valence-electron chi connectivity index (χ2n) is 7.50. The van der Waals surface area contributed by atoms with Crippen LogP contribution in [0.1, 0.15) is 40.6 Å². The van der Waals surface area contributed by atoms with Gasteiger partial charge in [-0.2, -0.15) is 0 Å². The first-order valence-corrected chi connectivity index (χ1v) is 10.2. The van der Waals surface area contributed by atoms with Crippen molar-refractivity contribution in [2.45, 2.75) is 25.4 Å². The molecule has 0 spiro atoms. The lowest BCUT2D eigenvalue weighted by Crippen LogP contribution is -2.31. The molecule has 1 amide bonds. The third-order valence-electron chi connectivity index (χ3n) is 5.73. The van der Waals surface area contributed by atoms with E-state index in [0.717, 1.165) is 52.6 Å². The topological polar surface area (TPSA) is 75.0 Å². The van der Waals surface area contributed by atoms with Crippen LogP contribution in [0.2, 0.25) is 5.02 Å². The first kappa shape index (κ1) is 18.2. The minimum atomic E-state index is -0.0610. The van der Waals surface area contributed by atoms with E-state index in [9.17, 15) is 4.79 Å². The Bertz CT molecular complexity index is 1230. The van der Waals surface area contributed by atoms with E-state index in [1.54, 1.807) is 0 Å². The van der Waals surface area contributed by atoms with Crippen LogP contribution in [0.15, 0.2) is 54.6 Å². The van der Waals surface area contributed by atoms with Crippen LogP contribution in [0.3, 0.4) is 0 Å². The monoisotopic (exact) mass is 404 g/mol. The first-order chi connectivity index (χ1) is 14.1. The summed E-state index contributed by atoms with van der Waals surface area (Å²) < 4.78 is 0. The van der Waals surface area contributed by atoms with Crippen molar-refractivity contribution in [2.24, 2.45) is 5.73 Å². The molecular formula is C23H21ClN4O. The Hall–Kier alpha value is -2.89. The van der Waals surface area contributed by atoms with Crippen molar-refractivity contribution in [3.63, 3.8) is 0 Å². The second-order valence-corrected chi connectivity index (χ2v) is 7.93. The molecule has 0 bridgehead atoms. The molecule has 1 aliphatic rings. The first-order valence-electron chi connectivity index (χ1n) is 9.82. The van der Waals surface area contributed by atoms with E-state index in [2.05, 4.69) is 4.98 Å². The predicted octanol–water partition coefficient (Wildman–Crippen LogP) is 4.81. The Morgan fingerprint density at radius 3 is 2.97 bits per heavy atom. The van der Waals surface area contributed by atoms with Gasteiger partial charge in [-0.15, -0.1) is 0 Å². The molecule has 4 aromatic rings. The minimum absolute atomic E-state index is 0.0275. The summed E-state index contributed by atoms with van der Waals surface area (Å²) in [7, 11) is 0. The van der Waals surface area contributed by atoms with Crippen LogP contribution in [0.4, 0.5) is 0 Å². The molecule has 6 heteroatoms. The van der Waals surface area contributed by atoms with Crippen LogP contribution in [0, 0.1) is 0 Å². The molecule has 29 heavy (non-hydrogen) atoms. The summed E-state index contributed by atoms with van der Waals surface area (Å²) in [5, 5.41) is 2.80. The SMILES string of the molecule is NCc1cccc2ccc(C(=O)N3CCCC3c3nc4ccc(Cl)cc4[nH]3)cc12. The number of nitrogens with one attached hydrogen (secondary N) is 1. The van der Waals surface area contributed by atoms with Crippen LogP contribution in [-0.4, -0.2) is 27.3 Å². The van der Waals surface area contributed by atoms with Gasteiger partial charge >= 0.3 is 0 Å². The van der Waals surface area contributed by atoms with Crippen molar-refractivity contribution in [2.75, 3.05) is 6.54 Å². The number of rotatable bonds is 3. The van der Waals surface area contributed by atoms with Crippen molar-refractivity contribution in [3.8, 4) is 0 Å². The van der Waals surface area contributed by atoms with E-state index in [1.807, 2.05) is 59.5 Å². The average Bonchev–Trinajstić information content (AvgIpc) is 3.38. The third-order valence-corrected chi connectivity index (χ3v) is 5.97. The molecule has 1 atom stereocenters. The molecule has 1 aliphatic heterocycles. The van der Waals surface area contributed by atoms with Crippen molar-refractivity contribution in [1.82, 2.24) is 14.9 Å². The molecule has 0 aliphatic carbocycles. The van der Waals surface area contributed by atoms with Gasteiger partial charge in [0.15, 0.2) is 0 Å². The molecule has 1 fully saturated rings. The zero-order valence-corrected chi connectivity index (χ0v) is 16.6. The van der Waals surface area contributed by atoms with Crippen molar-refractivity contribution >= 4 is 39.3 Å². The number of nitrogens with two attached hydrogens (primary N) is 1. The number of aromatic amines is 1. The normalized spacial score (nSPS) is 16.8. The van der Waals surface area contributed by atoms with E-state index < -0.39 is 0 Å². The Morgan fingerprint density at radius 2 is 2.10 bits per heavy atom. The highest BCUT2D eigenvalue weighted by Crippen LogP contribution is 2.33. The van der Waals surface area contributed by atoms with Crippen molar-refractivity contribution in [1.29, 1.82) is 0 Å². The summed E-state index contributed by atoms with van der Waals surface area (Å²) in [6.07, 6.45) is 1.84. The van der Waals surface area contributed by atoms with E-state index in [0.29, 0.717) is 17.1 Å². The lowest BCUT2D eigenvalue weighted by atomic mass is 10.0. The zero-order valence-electron chi connectivity index (χ0n) is 15.9.